The Morgan fingerprint density at radius 2 is 2.29 bits per heavy atom. The fourth-order valence-electron chi connectivity index (χ4n) is 2.13. The Bertz CT molecular complexity index is 377. The molecule has 1 aliphatic heterocycles. The summed E-state index contributed by atoms with van der Waals surface area (Å²) < 4.78 is 16.8. The van der Waals surface area contributed by atoms with E-state index in [0.717, 1.165) is 12.0 Å². The third-order valence-electron chi connectivity index (χ3n) is 3.15. The van der Waals surface area contributed by atoms with Crippen molar-refractivity contribution in [2.45, 2.75) is 32.2 Å². The molecule has 2 atom stereocenters. The quantitative estimate of drug-likeness (QED) is 0.804. The van der Waals surface area contributed by atoms with Gasteiger partial charge in [-0.15, -0.1) is 0 Å². The Balaban J connectivity index is 2.15. The zero-order valence-corrected chi connectivity index (χ0v) is 10.7. The Labute approximate surface area is 103 Å². The molecule has 1 aliphatic rings. The van der Waals surface area contributed by atoms with Crippen LogP contribution in [0.3, 0.4) is 0 Å². The monoisotopic (exact) mass is 236 g/mol. The van der Waals surface area contributed by atoms with Gasteiger partial charge in [0.05, 0.1) is 13.2 Å². The van der Waals surface area contributed by atoms with E-state index in [1.165, 1.54) is 5.56 Å². The second-order valence-electron chi connectivity index (χ2n) is 4.51. The Morgan fingerprint density at radius 1 is 1.47 bits per heavy atom. The molecule has 3 nitrogen and oxygen atoms in total. The summed E-state index contributed by atoms with van der Waals surface area (Å²) >= 11 is 0. The summed E-state index contributed by atoms with van der Waals surface area (Å²) in [6, 6.07) is 8.37. The molecule has 1 aromatic carbocycles. The summed E-state index contributed by atoms with van der Waals surface area (Å²) in [6.07, 6.45) is 1.04. The van der Waals surface area contributed by atoms with Gasteiger partial charge in [-0.25, -0.2) is 0 Å². The maximum atomic E-state index is 5.93. The van der Waals surface area contributed by atoms with Crippen molar-refractivity contribution in [2.24, 2.45) is 0 Å². The Kier molecular flexibility index (Phi) is 3.82. The van der Waals surface area contributed by atoms with E-state index in [2.05, 4.69) is 25.1 Å². The molecule has 2 unspecified atom stereocenters. The number of benzene rings is 1. The van der Waals surface area contributed by atoms with Gasteiger partial charge in [0.25, 0.3) is 0 Å². The molecule has 1 aromatic rings. The van der Waals surface area contributed by atoms with Crippen LogP contribution in [0.25, 0.3) is 0 Å². The van der Waals surface area contributed by atoms with Gasteiger partial charge < -0.3 is 14.2 Å². The van der Waals surface area contributed by atoms with Gasteiger partial charge >= 0.3 is 0 Å². The first-order valence-electron chi connectivity index (χ1n) is 6.08. The molecule has 1 saturated heterocycles. The van der Waals surface area contributed by atoms with Gasteiger partial charge in [0.1, 0.15) is 6.10 Å². The van der Waals surface area contributed by atoms with Crippen LogP contribution in [0.5, 0.6) is 0 Å². The van der Waals surface area contributed by atoms with Crippen LogP contribution < -0.4 is 0 Å². The summed E-state index contributed by atoms with van der Waals surface area (Å²) in [7, 11) is 1.68. The molecule has 0 amide bonds. The maximum absolute atomic E-state index is 5.93. The average Bonchev–Trinajstić information content (AvgIpc) is 2.73. The van der Waals surface area contributed by atoms with E-state index in [1.54, 1.807) is 7.11 Å². The molecule has 0 aromatic heterocycles. The van der Waals surface area contributed by atoms with E-state index >= 15 is 0 Å². The maximum Gasteiger partial charge on any atom is 0.192 e. The van der Waals surface area contributed by atoms with Crippen molar-refractivity contribution in [1.82, 2.24) is 0 Å². The number of hydrogen-bond donors (Lipinski definition) is 0. The van der Waals surface area contributed by atoms with E-state index < -0.39 is 5.79 Å². The first-order valence-corrected chi connectivity index (χ1v) is 6.08. The first-order chi connectivity index (χ1) is 8.18. The highest BCUT2D eigenvalue weighted by Gasteiger charge is 2.38. The highest BCUT2D eigenvalue weighted by Crippen LogP contribution is 2.34. The zero-order valence-electron chi connectivity index (χ0n) is 10.7. The summed E-state index contributed by atoms with van der Waals surface area (Å²) in [5, 5.41) is 0. The highest BCUT2D eigenvalue weighted by atomic mass is 16.7. The third kappa shape index (κ3) is 2.68. The van der Waals surface area contributed by atoms with E-state index in [4.69, 9.17) is 14.2 Å². The molecule has 0 N–H and O–H groups in total. The smallest absolute Gasteiger partial charge is 0.192 e. The Hall–Kier alpha value is -0.900. The molecule has 0 aliphatic carbocycles. The Morgan fingerprint density at radius 3 is 3.00 bits per heavy atom. The van der Waals surface area contributed by atoms with Crippen molar-refractivity contribution < 1.29 is 14.2 Å². The number of hydrogen-bond acceptors (Lipinski definition) is 3. The van der Waals surface area contributed by atoms with Crippen molar-refractivity contribution >= 4 is 0 Å². The number of rotatable bonds is 4. The normalized spacial score (nSPS) is 28.5. The lowest BCUT2D eigenvalue weighted by Gasteiger charge is -2.24. The van der Waals surface area contributed by atoms with Gasteiger partial charge in [-0.05, 0) is 18.9 Å². The number of methoxy groups -OCH3 is 1. The SMILES string of the molecule is CCc1cccc(C2(C)OCC(COC)O2)c1. The van der Waals surface area contributed by atoms with Crippen molar-refractivity contribution in [3.63, 3.8) is 0 Å². The van der Waals surface area contributed by atoms with E-state index in [9.17, 15) is 0 Å². The second kappa shape index (κ2) is 5.17. The van der Waals surface area contributed by atoms with Gasteiger partial charge in [-0.2, -0.15) is 0 Å². The first kappa shape index (κ1) is 12.6. The highest BCUT2D eigenvalue weighted by molar-refractivity contribution is 5.27. The summed E-state index contributed by atoms with van der Waals surface area (Å²) in [6.45, 7) is 5.27. The third-order valence-corrected chi connectivity index (χ3v) is 3.15. The van der Waals surface area contributed by atoms with Gasteiger partial charge in [0, 0.05) is 12.7 Å². The second-order valence-corrected chi connectivity index (χ2v) is 4.51. The minimum atomic E-state index is -0.631. The molecule has 0 radical (unpaired) electrons. The lowest BCUT2D eigenvalue weighted by atomic mass is 10.0. The number of ether oxygens (including phenoxy) is 3. The summed E-state index contributed by atoms with van der Waals surface area (Å²) in [5.41, 5.74) is 2.38. The molecule has 0 saturated carbocycles. The molecule has 94 valence electrons. The standard InChI is InChI=1S/C14H20O3/c1-4-11-6-5-7-12(8-11)14(2)16-10-13(17-14)9-15-3/h5-8,13H,4,9-10H2,1-3H3. The molecule has 1 heterocycles. The fourth-order valence-corrected chi connectivity index (χ4v) is 2.13. The molecule has 0 spiro atoms. The molecular weight excluding hydrogens is 216 g/mol. The van der Waals surface area contributed by atoms with Crippen molar-refractivity contribution in [3.8, 4) is 0 Å². The molecule has 1 fully saturated rings. The minimum absolute atomic E-state index is 0.0234. The predicted octanol–water partition coefficient (Wildman–Crippen LogP) is 2.48. The molecule has 3 heteroatoms. The van der Waals surface area contributed by atoms with Gasteiger partial charge in [-0.3, -0.25) is 0 Å². The molecule has 2 rings (SSSR count). The topological polar surface area (TPSA) is 27.7 Å². The summed E-state index contributed by atoms with van der Waals surface area (Å²) in [4.78, 5) is 0. The molecular formula is C14H20O3. The summed E-state index contributed by atoms with van der Waals surface area (Å²) in [5.74, 6) is -0.631. The van der Waals surface area contributed by atoms with E-state index in [-0.39, 0.29) is 6.10 Å². The fraction of sp³-hybridized carbons (Fsp3) is 0.571. The van der Waals surface area contributed by atoms with E-state index in [0.29, 0.717) is 13.2 Å². The van der Waals surface area contributed by atoms with Crippen LogP contribution in [-0.4, -0.2) is 26.4 Å². The van der Waals surface area contributed by atoms with Crippen LogP contribution in [0.2, 0.25) is 0 Å². The lowest BCUT2D eigenvalue weighted by molar-refractivity contribution is -0.166. The van der Waals surface area contributed by atoms with Crippen LogP contribution >= 0.6 is 0 Å². The lowest BCUT2D eigenvalue weighted by Crippen LogP contribution is -2.25. The molecule has 17 heavy (non-hydrogen) atoms. The van der Waals surface area contributed by atoms with Crippen LogP contribution in [0.1, 0.15) is 25.0 Å². The number of aryl methyl sites for hydroxylation is 1. The van der Waals surface area contributed by atoms with Crippen molar-refractivity contribution in [3.05, 3.63) is 35.4 Å². The van der Waals surface area contributed by atoms with Crippen molar-refractivity contribution in [1.29, 1.82) is 0 Å². The largest absolute Gasteiger partial charge is 0.382 e. The van der Waals surface area contributed by atoms with Gasteiger partial charge in [0.2, 0.25) is 0 Å². The van der Waals surface area contributed by atoms with Crippen LogP contribution in [0.15, 0.2) is 24.3 Å². The minimum Gasteiger partial charge on any atom is -0.382 e. The van der Waals surface area contributed by atoms with Crippen LogP contribution in [0.4, 0.5) is 0 Å². The predicted molar refractivity (Wildman–Crippen MR) is 65.9 cm³/mol. The van der Waals surface area contributed by atoms with Crippen LogP contribution in [-0.2, 0) is 26.4 Å². The average molecular weight is 236 g/mol. The van der Waals surface area contributed by atoms with Gasteiger partial charge in [-0.1, -0.05) is 31.2 Å². The van der Waals surface area contributed by atoms with E-state index in [1.807, 2.05) is 13.0 Å². The van der Waals surface area contributed by atoms with Gasteiger partial charge in [0.15, 0.2) is 5.79 Å². The van der Waals surface area contributed by atoms with Crippen LogP contribution in [0, 0.1) is 0 Å². The zero-order chi connectivity index (χ0) is 12.3. The molecule has 0 bridgehead atoms. The van der Waals surface area contributed by atoms with Crippen molar-refractivity contribution in [2.75, 3.05) is 20.3 Å².